The maximum atomic E-state index is 9.27. The monoisotopic (exact) mass is 308 g/mol. The van der Waals surface area contributed by atoms with Crippen LogP contribution in [0.3, 0.4) is 0 Å². The number of anilines is 1. The number of piperidine rings is 1. The molecule has 0 saturated carbocycles. The molecule has 1 aromatic carbocycles. The molecule has 2 rings (SSSR count). The topological polar surface area (TPSA) is 36.3 Å². The van der Waals surface area contributed by atoms with Gasteiger partial charge in [-0.15, -0.1) is 0 Å². The van der Waals surface area contributed by atoms with Crippen LogP contribution in [0.4, 0.5) is 5.69 Å². The van der Waals surface area contributed by atoms with Gasteiger partial charge in [0.15, 0.2) is 0 Å². The Hall–Kier alpha value is -1.05. The van der Waals surface area contributed by atoms with Crippen molar-refractivity contribution < 1.29 is 4.74 Å². The highest BCUT2D eigenvalue weighted by molar-refractivity contribution is 9.10. The molecule has 0 bridgehead atoms. The Morgan fingerprint density at radius 1 is 1.56 bits per heavy atom. The van der Waals surface area contributed by atoms with Gasteiger partial charge in [0.05, 0.1) is 17.9 Å². The van der Waals surface area contributed by atoms with Crippen molar-refractivity contribution in [3.05, 3.63) is 28.2 Å². The zero-order valence-electron chi connectivity index (χ0n) is 10.5. The Balaban J connectivity index is 2.21. The average Bonchev–Trinajstić information content (AvgIpc) is 2.39. The lowest BCUT2D eigenvalue weighted by molar-refractivity contribution is 0.143. The molecule has 1 aliphatic heterocycles. The zero-order valence-corrected chi connectivity index (χ0v) is 12.1. The van der Waals surface area contributed by atoms with Gasteiger partial charge in [-0.3, -0.25) is 0 Å². The van der Waals surface area contributed by atoms with E-state index in [0.717, 1.165) is 41.8 Å². The number of nitrogens with zero attached hydrogens (tertiary/aromatic N) is 2. The van der Waals surface area contributed by atoms with Crippen molar-refractivity contribution in [3.63, 3.8) is 0 Å². The molecule has 1 aromatic rings. The lowest BCUT2D eigenvalue weighted by Gasteiger charge is -2.34. The lowest BCUT2D eigenvalue weighted by Crippen LogP contribution is -2.37. The summed E-state index contributed by atoms with van der Waals surface area (Å²) in [6, 6.07) is 8.22. The van der Waals surface area contributed by atoms with E-state index in [1.54, 1.807) is 7.11 Å². The van der Waals surface area contributed by atoms with Gasteiger partial charge in [0.2, 0.25) is 0 Å². The number of nitriles is 1. The summed E-state index contributed by atoms with van der Waals surface area (Å²) in [5, 5.41) is 9.27. The molecule has 1 atom stereocenters. The van der Waals surface area contributed by atoms with Crippen molar-refractivity contribution >= 4 is 21.6 Å². The van der Waals surface area contributed by atoms with Gasteiger partial charge >= 0.3 is 0 Å². The average molecular weight is 309 g/mol. The standard InChI is InChI=1S/C14H17BrN2O/c1-18-10-11-4-3-7-17(9-11)14-6-2-5-13(15)12(14)8-16/h2,5-6,11H,3-4,7,9-10H2,1H3. The Bertz CT molecular complexity index is 454. The van der Waals surface area contributed by atoms with Crippen molar-refractivity contribution in [2.24, 2.45) is 5.92 Å². The van der Waals surface area contributed by atoms with Gasteiger partial charge in [-0.1, -0.05) is 6.07 Å². The number of methoxy groups -OCH3 is 1. The third kappa shape index (κ3) is 2.85. The van der Waals surface area contributed by atoms with Gasteiger partial charge in [-0.05, 0) is 46.8 Å². The van der Waals surface area contributed by atoms with Crippen molar-refractivity contribution in [2.75, 3.05) is 31.7 Å². The van der Waals surface area contributed by atoms with Crippen LogP contribution in [0, 0.1) is 17.2 Å². The molecule has 0 amide bonds. The van der Waals surface area contributed by atoms with Crippen LogP contribution in [-0.4, -0.2) is 26.8 Å². The molecule has 96 valence electrons. The van der Waals surface area contributed by atoms with E-state index in [9.17, 15) is 5.26 Å². The van der Waals surface area contributed by atoms with E-state index in [-0.39, 0.29) is 0 Å². The molecule has 1 unspecified atom stereocenters. The van der Waals surface area contributed by atoms with E-state index in [2.05, 4.69) is 26.9 Å². The minimum atomic E-state index is 0.564. The first-order valence-electron chi connectivity index (χ1n) is 6.18. The minimum absolute atomic E-state index is 0.564. The molecule has 1 aliphatic rings. The molecule has 18 heavy (non-hydrogen) atoms. The van der Waals surface area contributed by atoms with Gasteiger partial charge in [0.25, 0.3) is 0 Å². The van der Waals surface area contributed by atoms with Crippen LogP contribution >= 0.6 is 15.9 Å². The summed E-state index contributed by atoms with van der Waals surface area (Å²) >= 11 is 3.45. The van der Waals surface area contributed by atoms with Gasteiger partial charge < -0.3 is 9.64 Å². The highest BCUT2D eigenvalue weighted by Gasteiger charge is 2.22. The van der Waals surface area contributed by atoms with Gasteiger partial charge in [0, 0.05) is 24.7 Å². The SMILES string of the molecule is COCC1CCCN(c2cccc(Br)c2C#N)C1. The number of ether oxygens (including phenoxy) is 1. The molecule has 4 heteroatoms. The van der Waals surface area contributed by atoms with E-state index >= 15 is 0 Å². The summed E-state index contributed by atoms with van der Waals surface area (Å²) in [6.07, 6.45) is 2.37. The van der Waals surface area contributed by atoms with Crippen LogP contribution in [0.1, 0.15) is 18.4 Å². The largest absolute Gasteiger partial charge is 0.384 e. The molecule has 0 spiro atoms. The van der Waals surface area contributed by atoms with Crippen LogP contribution in [0.25, 0.3) is 0 Å². The fourth-order valence-electron chi connectivity index (χ4n) is 2.54. The smallest absolute Gasteiger partial charge is 0.103 e. The molecule has 0 radical (unpaired) electrons. The highest BCUT2D eigenvalue weighted by atomic mass is 79.9. The second kappa shape index (κ2) is 6.21. The fraction of sp³-hybridized carbons (Fsp3) is 0.500. The van der Waals surface area contributed by atoms with Crippen LogP contribution < -0.4 is 4.90 Å². The van der Waals surface area contributed by atoms with E-state index < -0.39 is 0 Å². The van der Waals surface area contributed by atoms with Crippen LogP contribution in [0.5, 0.6) is 0 Å². The predicted octanol–water partition coefficient (Wildman–Crippen LogP) is 3.18. The van der Waals surface area contributed by atoms with Crippen LogP contribution in [-0.2, 0) is 4.74 Å². The van der Waals surface area contributed by atoms with Gasteiger partial charge in [-0.2, -0.15) is 5.26 Å². The molecular weight excluding hydrogens is 292 g/mol. The summed E-state index contributed by atoms with van der Waals surface area (Å²) in [5.41, 5.74) is 1.77. The van der Waals surface area contributed by atoms with Gasteiger partial charge in [0.1, 0.15) is 6.07 Å². The summed E-state index contributed by atoms with van der Waals surface area (Å²) in [5.74, 6) is 0.564. The first-order chi connectivity index (χ1) is 8.76. The first kappa shape index (κ1) is 13.4. The van der Waals surface area contributed by atoms with Gasteiger partial charge in [-0.25, -0.2) is 0 Å². The van der Waals surface area contributed by atoms with E-state index in [4.69, 9.17) is 4.74 Å². The number of hydrogen-bond donors (Lipinski definition) is 0. The number of halogens is 1. The second-order valence-corrected chi connectivity index (χ2v) is 5.51. The first-order valence-corrected chi connectivity index (χ1v) is 6.98. The summed E-state index contributed by atoms with van der Waals surface area (Å²) in [6.45, 7) is 2.79. The molecule has 0 aromatic heterocycles. The quantitative estimate of drug-likeness (QED) is 0.860. The number of rotatable bonds is 3. The second-order valence-electron chi connectivity index (χ2n) is 4.66. The lowest BCUT2D eigenvalue weighted by atomic mass is 9.98. The Morgan fingerprint density at radius 2 is 2.39 bits per heavy atom. The van der Waals surface area contributed by atoms with Crippen LogP contribution in [0.2, 0.25) is 0 Å². The zero-order chi connectivity index (χ0) is 13.0. The molecule has 3 nitrogen and oxygen atoms in total. The summed E-state index contributed by atoms with van der Waals surface area (Å²) < 4.78 is 6.12. The van der Waals surface area contributed by atoms with Crippen molar-refractivity contribution in [3.8, 4) is 6.07 Å². The van der Waals surface area contributed by atoms with E-state index in [0.29, 0.717) is 5.92 Å². The molecular formula is C14H17BrN2O. The van der Waals surface area contributed by atoms with E-state index in [1.165, 1.54) is 6.42 Å². The van der Waals surface area contributed by atoms with Crippen molar-refractivity contribution in [2.45, 2.75) is 12.8 Å². The number of benzene rings is 1. The molecule has 0 aliphatic carbocycles. The maximum Gasteiger partial charge on any atom is 0.103 e. The molecule has 1 heterocycles. The molecule has 1 saturated heterocycles. The molecule has 0 N–H and O–H groups in total. The normalized spacial score (nSPS) is 19.6. The third-order valence-corrected chi connectivity index (χ3v) is 4.03. The molecule has 1 fully saturated rings. The van der Waals surface area contributed by atoms with Crippen molar-refractivity contribution in [1.29, 1.82) is 5.26 Å². The Kier molecular flexibility index (Phi) is 4.62. The van der Waals surface area contributed by atoms with Crippen LogP contribution in [0.15, 0.2) is 22.7 Å². The Morgan fingerprint density at radius 3 is 3.11 bits per heavy atom. The predicted molar refractivity (Wildman–Crippen MR) is 75.7 cm³/mol. The minimum Gasteiger partial charge on any atom is -0.384 e. The van der Waals surface area contributed by atoms with E-state index in [1.807, 2.05) is 18.2 Å². The summed E-state index contributed by atoms with van der Waals surface area (Å²) in [4.78, 5) is 2.30. The van der Waals surface area contributed by atoms with Crippen molar-refractivity contribution in [1.82, 2.24) is 0 Å². The third-order valence-electron chi connectivity index (χ3n) is 3.37. The summed E-state index contributed by atoms with van der Waals surface area (Å²) in [7, 11) is 1.75. The maximum absolute atomic E-state index is 9.27. The fourth-order valence-corrected chi connectivity index (χ4v) is 2.99. The highest BCUT2D eigenvalue weighted by Crippen LogP contribution is 2.30. The number of hydrogen-bond acceptors (Lipinski definition) is 3. The Labute approximate surface area is 116 Å².